The van der Waals surface area contributed by atoms with Crippen molar-refractivity contribution < 1.29 is 17.9 Å². The number of benzene rings is 2. The maximum atomic E-state index is 12.6. The number of hydrogen-bond donors (Lipinski definition) is 1. The van der Waals surface area contributed by atoms with Gasteiger partial charge in [-0.3, -0.25) is 4.72 Å². The standard InChI is InChI=1S/C18H16N2O4S2/c1-2-23-12-7-9-13(10-8-12)26(21,22)20-18-19-17-14-5-3-4-6-15(14)24-11-16(17)25-18/h3-10H,2,11H2,1H3,(H,19,20). The van der Waals surface area contributed by atoms with E-state index in [4.69, 9.17) is 9.47 Å². The highest BCUT2D eigenvalue weighted by Crippen LogP contribution is 2.41. The van der Waals surface area contributed by atoms with Crippen LogP contribution >= 0.6 is 11.3 Å². The first kappa shape index (κ1) is 16.9. The Morgan fingerprint density at radius 2 is 1.96 bits per heavy atom. The van der Waals surface area contributed by atoms with Gasteiger partial charge in [0.05, 0.1) is 22.1 Å². The highest BCUT2D eigenvalue weighted by Gasteiger charge is 2.24. The van der Waals surface area contributed by atoms with E-state index in [9.17, 15) is 8.42 Å². The minimum absolute atomic E-state index is 0.158. The quantitative estimate of drug-likeness (QED) is 0.717. The van der Waals surface area contributed by atoms with Gasteiger partial charge in [-0.1, -0.05) is 23.5 Å². The van der Waals surface area contributed by atoms with Gasteiger partial charge in [-0.15, -0.1) is 0 Å². The summed E-state index contributed by atoms with van der Waals surface area (Å²) in [6, 6.07) is 13.9. The minimum atomic E-state index is -3.72. The maximum absolute atomic E-state index is 12.6. The molecular formula is C18H16N2O4S2. The SMILES string of the molecule is CCOc1ccc(S(=O)(=O)Nc2nc3c(s2)COc2ccccc2-3)cc1. The largest absolute Gasteiger partial charge is 0.494 e. The Morgan fingerprint density at radius 3 is 2.73 bits per heavy atom. The molecule has 0 aliphatic carbocycles. The molecule has 0 unspecified atom stereocenters. The molecule has 0 amide bonds. The Balaban J connectivity index is 1.61. The van der Waals surface area contributed by atoms with Crippen molar-refractivity contribution in [3.05, 3.63) is 53.4 Å². The number of aromatic nitrogens is 1. The Morgan fingerprint density at radius 1 is 1.19 bits per heavy atom. The fraction of sp³-hybridized carbons (Fsp3) is 0.167. The molecule has 1 aliphatic heterocycles. The summed E-state index contributed by atoms with van der Waals surface area (Å²) in [6.07, 6.45) is 0. The third-order valence-corrected chi connectivity index (χ3v) is 6.29. The van der Waals surface area contributed by atoms with Crippen molar-refractivity contribution in [2.45, 2.75) is 18.4 Å². The number of nitrogens with zero attached hydrogens (tertiary/aromatic N) is 1. The molecule has 0 bridgehead atoms. The number of thiazole rings is 1. The van der Waals surface area contributed by atoms with Crippen molar-refractivity contribution in [2.75, 3.05) is 11.3 Å². The number of sulfonamides is 1. The van der Waals surface area contributed by atoms with Crippen molar-refractivity contribution >= 4 is 26.5 Å². The second-order valence-corrected chi connectivity index (χ2v) is 8.35. The normalized spacial score (nSPS) is 12.7. The molecule has 1 aromatic heterocycles. The average Bonchev–Trinajstić information content (AvgIpc) is 3.04. The van der Waals surface area contributed by atoms with Gasteiger partial charge in [0, 0.05) is 5.56 Å². The minimum Gasteiger partial charge on any atom is -0.494 e. The fourth-order valence-electron chi connectivity index (χ4n) is 2.69. The van der Waals surface area contributed by atoms with Crippen molar-refractivity contribution in [2.24, 2.45) is 0 Å². The summed E-state index contributed by atoms with van der Waals surface area (Å²) in [7, 11) is -3.72. The van der Waals surface area contributed by atoms with Gasteiger partial charge in [-0.2, -0.15) is 0 Å². The lowest BCUT2D eigenvalue weighted by atomic mass is 10.1. The number of anilines is 1. The van der Waals surface area contributed by atoms with Crippen LogP contribution < -0.4 is 14.2 Å². The lowest BCUT2D eigenvalue weighted by Gasteiger charge is -2.15. The van der Waals surface area contributed by atoms with E-state index in [1.54, 1.807) is 12.1 Å². The van der Waals surface area contributed by atoms with E-state index in [0.29, 0.717) is 24.1 Å². The molecule has 2 heterocycles. The van der Waals surface area contributed by atoms with Gasteiger partial charge in [0.2, 0.25) is 0 Å². The number of hydrogen-bond acceptors (Lipinski definition) is 6. The van der Waals surface area contributed by atoms with Crippen LogP contribution in [0, 0.1) is 0 Å². The van der Waals surface area contributed by atoms with Crippen LogP contribution in [0.5, 0.6) is 11.5 Å². The molecule has 1 aliphatic rings. The van der Waals surface area contributed by atoms with E-state index in [1.807, 2.05) is 31.2 Å². The van der Waals surface area contributed by atoms with Crippen LogP contribution in [0.3, 0.4) is 0 Å². The van der Waals surface area contributed by atoms with Gasteiger partial charge in [-0.25, -0.2) is 13.4 Å². The number of ether oxygens (including phenoxy) is 2. The predicted octanol–water partition coefficient (Wildman–Crippen LogP) is 3.90. The van der Waals surface area contributed by atoms with Gasteiger partial charge in [0.25, 0.3) is 10.0 Å². The monoisotopic (exact) mass is 388 g/mol. The molecule has 4 rings (SSSR count). The van der Waals surface area contributed by atoms with Crippen LogP contribution in [0.25, 0.3) is 11.3 Å². The molecular weight excluding hydrogens is 372 g/mol. The number of para-hydroxylation sites is 1. The predicted molar refractivity (Wildman–Crippen MR) is 100 cm³/mol. The molecule has 2 aromatic carbocycles. The number of fused-ring (bicyclic) bond motifs is 3. The van der Waals surface area contributed by atoms with E-state index in [1.165, 1.54) is 23.5 Å². The molecule has 0 atom stereocenters. The molecule has 3 aromatic rings. The molecule has 6 nitrogen and oxygen atoms in total. The summed E-state index contributed by atoms with van der Waals surface area (Å²) in [6.45, 7) is 2.78. The van der Waals surface area contributed by atoms with Crippen molar-refractivity contribution in [1.29, 1.82) is 0 Å². The van der Waals surface area contributed by atoms with E-state index in [0.717, 1.165) is 21.9 Å². The molecule has 1 N–H and O–H groups in total. The Labute approximate surface area is 155 Å². The van der Waals surface area contributed by atoms with E-state index < -0.39 is 10.0 Å². The lowest BCUT2D eigenvalue weighted by Crippen LogP contribution is -2.12. The topological polar surface area (TPSA) is 77.5 Å². The van der Waals surface area contributed by atoms with Crippen LogP contribution in [0.2, 0.25) is 0 Å². The first-order chi connectivity index (χ1) is 12.6. The molecule has 0 saturated carbocycles. The molecule has 26 heavy (non-hydrogen) atoms. The van der Waals surface area contributed by atoms with Gasteiger partial charge in [-0.05, 0) is 43.3 Å². The zero-order valence-corrected chi connectivity index (χ0v) is 15.6. The fourth-order valence-corrected chi connectivity index (χ4v) is 4.81. The Bertz CT molecular complexity index is 1040. The molecule has 0 radical (unpaired) electrons. The van der Waals surface area contributed by atoms with Crippen LogP contribution in [0.4, 0.5) is 5.13 Å². The van der Waals surface area contributed by atoms with Gasteiger partial charge < -0.3 is 9.47 Å². The van der Waals surface area contributed by atoms with Gasteiger partial charge >= 0.3 is 0 Å². The summed E-state index contributed by atoms with van der Waals surface area (Å²) < 4.78 is 38.8. The zero-order valence-electron chi connectivity index (χ0n) is 13.9. The summed E-state index contributed by atoms with van der Waals surface area (Å²) in [5.41, 5.74) is 1.64. The van der Waals surface area contributed by atoms with Crippen molar-refractivity contribution in [1.82, 2.24) is 4.98 Å². The summed E-state index contributed by atoms with van der Waals surface area (Å²) in [5, 5.41) is 0.323. The Hall–Kier alpha value is -2.58. The molecule has 0 fully saturated rings. The van der Waals surface area contributed by atoms with Crippen LogP contribution in [-0.2, 0) is 16.6 Å². The summed E-state index contributed by atoms with van der Waals surface area (Å²) in [5.74, 6) is 1.39. The van der Waals surface area contributed by atoms with E-state index in [-0.39, 0.29) is 4.90 Å². The summed E-state index contributed by atoms with van der Waals surface area (Å²) >= 11 is 1.28. The second kappa shape index (κ2) is 6.62. The molecule has 8 heteroatoms. The van der Waals surface area contributed by atoms with Crippen molar-refractivity contribution in [3.8, 4) is 22.8 Å². The third-order valence-electron chi connectivity index (χ3n) is 3.87. The van der Waals surface area contributed by atoms with E-state index >= 15 is 0 Å². The second-order valence-electron chi connectivity index (χ2n) is 5.59. The van der Waals surface area contributed by atoms with Crippen LogP contribution in [0.15, 0.2) is 53.4 Å². The molecule has 0 saturated heterocycles. The number of nitrogens with one attached hydrogen (secondary N) is 1. The third kappa shape index (κ3) is 3.13. The Kier molecular flexibility index (Phi) is 4.29. The number of rotatable bonds is 5. The average molecular weight is 388 g/mol. The maximum Gasteiger partial charge on any atom is 0.263 e. The van der Waals surface area contributed by atoms with Crippen LogP contribution in [0.1, 0.15) is 11.8 Å². The molecule has 0 spiro atoms. The van der Waals surface area contributed by atoms with E-state index in [2.05, 4.69) is 9.71 Å². The lowest BCUT2D eigenvalue weighted by molar-refractivity contribution is 0.305. The zero-order chi connectivity index (χ0) is 18.1. The van der Waals surface area contributed by atoms with Crippen molar-refractivity contribution in [3.63, 3.8) is 0 Å². The van der Waals surface area contributed by atoms with Gasteiger partial charge in [0.15, 0.2) is 5.13 Å². The first-order valence-electron chi connectivity index (χ1n) is 8.04. The van der Waals surface area contributed by atoms with Crippen LogP contribution in [-0.4, -0.2) is 20.0 Å². The van der Waals surface area contributed by atoms with Gasteiger partial charge in [0.1, 0.15) is 18.1 Å². The highest BCUT2D eigenvalue weighted by molar-refractivity contribution is 7.93. The molecule has 134 valence electrons. The first-order valence-corrected chi connectivity index (χ1v) is 10.3. The highest BCUT2D eigenvalue weighted by atomic mass is 32.2. The smallest absolute Gasteiger partial charge is 0.263 e. The summed E-state index contributed by atoms with van der Waals surface area (Å²) in [4.78, 5) is 5.53.